The monoisotopic (exact) mass is 367 g/mol. The Morgan fingerprint density at radius 1 is 1.26 bits per heavy atom. The molecule has 0 bridgehead atoms. The van der Waals surface area contributed by atoms with Crippen LogP contribution in [0.25, 0.3) is 11.6 Å². The summed E-state index contributed by atoms with van der Waals surface area (Å²) in [6.45, 7) is 2.01. The second-order valence-corrected chi connectivity index (χ2v) is 6.46. The van der Waals surface area contributed by atoms with Gasteiger partial charge in [0, 0.05) is 31.6 Å². The lowest BCUT2D eigenvalue weighted by Gasteiger charge is -2.28. The van der Waals surface area contributed by atoms with E-state index in [9.17, 15) is 4.79 Å². The number of ether oxygens (including phenoxy) is 2. The van der Waals surface area contributed by atoms with Crippen molar-refractivity contribution in [3.63, 3.8) is 0 Å². The SMILES string of the molecule is COc1ccc(OC)c(CN2CCc3nc(-c4ccco4)[nH]c(=O)c3C2)c1. The third-order valence-corrected chi connectivity index (χ3v) is 4.78. The van der Waals surface area contributed by atoms with Gasteiger partial charge in [-0.25, -0.2) is 4.98 Å². The highest BCUT2D eigenvalue weighted by atomic mass is 16.5. The summed E-state index contributed by atoms with van der Waals surface area (Å²) in [5.74, 6) is 2.64. The number of nitrogens with one attached hydrogen (secondary N) is 1. The molecule has 0 spiro atoms. The van der Waals surface area contributed by atoms with E-state index in [4.69, 9.17) is 13.9 Å². The number of methoxy groups -OCH3 is 2. The molecule has 2 aromatic heterocycles. The molecule has 0 aliphatic carbocycles. The molecule has 1 N–H and O–H groups in total. The van der Waals surface area contributed by atoms with Gasteiger partial charge in [-0.15, -0.1) is 0 Å². The highest BCUT2D eigenvalue weighted by molar-refractivity contribution is 5.47. The van der Waals surface area contributed by atoms with Crippen LogP contribution in [0.5, 0.6) is 11.5 Å². The number of hydrogen-bond donors (Lipinski definition) is 1. The molecule has 1 aromatic carbocycles. The van der Waals surface area contributed by atoms with Crippen LogP contribution in [0.3, 0.4) is 0 Å². The first-order valence-electron chi connectivity index (χ1n) is 8.77. The third kappa shape index (κ3) is 3.46. The van der Waals surface area contributed by atoms with Crippen LogP contribution in [-0.4, -0.2) is 35.6 Å². The third-order valence-electron chi connectivity index (χ3n) is 4.78. The number of benzene rings is 1. The van der Waals surface area contributed by atoms with Crippen molar-refractivity contribution >= 4 is 0 Å². The molecule has 7 nitrogen and oxygen atoms in total. The summed E-state index contributed by atoms with van der Waals surface area (Å²) in [5.41, 5.74) is 2.45. The minimum absolute atomic E-state index is 0.117. The fraction of sp³-hybridized carbons (Fsp3) is 0.300. The molecule has 0 radical (unpaired) electrons. The van der Waals surface area contributed by atoms with Crippen LogP contribution >= 0.6 is 0 Å². The lowest BCUT2D eigenvalue weighted by Crippen LogP contribution is -2.35. The Hall–Kier alpha value is -3.06. The average molecular weight is 367 g/mol. The van der Waals surface area contributed by atoms with Gasteiger partial charge in [0.1, 0.15) is 11.5 Å². The summed E-state index contributed by atoms with van der Waals surface area (Å²) in [5, 5.41) is 0. The van der Waals surface area contributed by atoms with Gasteiger partial charge in [-0.1, -0.05) is 0 Å². The lowest BCUT2D eigenvalue weighted by atomic mass is 10.1. The fourth-order valence-electron chi connectivity index (χ4n) is 3.39. The first-order valence-corrected chi connectivity index (χ1v) is 8.77. The van der Waals surface area contributed by atoms with E-state index < -0.39 is 0 Å². The number of aromatic nitrogens is 2. The Labute approximate surface area is 156 Å². The molecule has 0 fully saturated rings. The topological polar surface area (TPSA) is 80.6 Å². The zero-order valence-corrected chi connectivity index (χ0v) is 15.3. The number of aromatic amines is 1. The Kier molecular flexibility index (Phi) is 4.68. The molecule has 3 aromatic rings. The molecule has 0 amide bonds. The van der Waals surface area contributed by atoms with Crippen molar-refractivity contribution in [2.24, 2.45) is 0 Å². The zero-order chi connectivity index (χ0) is 18.8. The highest BCUT2D eigenvalue weighted by Gasteiger charge is 2.23. The predicted octanol–water partition coefficient (Wildman–Crippen LogP) is 2.61. The lowest BCUT2D eigenvalue weighted by molar-refractivity contribution is 0.237. The Balaban J connectivity index is 1.58. The minimum atomic E-state index is -0.117. The van der Waals surface area contributed by atoms with Gasteiger partial charge in [0.05, 0.1) is 31.7 Å². The largest absolute Gasteiger partial charge is 0.497 e. The average Bonchev–Trinajstić information content (AvgIpc) is 3.23. The van der Waals surface area contributed by atoms with Gasteiger partial charge >= 0.3 is 0 Å². The minimum Gasteiger partial charge on any atom is -0.497 e. The van der Waals surface area contributed by atoms with Crippen LogP contribution in [0.2, 0.25) is 0 Å². The van der Waals surface area contributed by atoms with Crippen molar-refractivity contribution in [3.05, 3.63) is 63.8 Å². The van der Waals surface area contributed by atoms with E-state index in [0.29, 0.717) is 36.7 Å². The molecule has 0 unspecified atom stereocenters. The number of nitrogens with zero attached hydrogens (tertiary/aromatic N) is 2. The van der Waals surface area contributed by atoms with Gasteiger partial charge in [0.2, 0.25) is 0 Å². The maximum absolute atomic E-state index is 12.6. The molecule has 0 saturated heterocycles. The molecule has 0 atom stereocenters. The van der Waals surface area contributed by atoms with Gasteiger partial charge in [0.25, 0.3) is 5.56 Å². The van der Waals surface area contributed by atoms with Crippen LogP contribution in [0.15, 0.2) is 45.8 Å². The van der Waals surface area contributed by atoms with E-state index in [-0.39, 0.29) is 5.56 Å². The van der Waals surface area contributed by atoms with Crippen molar-refractivity contribution < 1.29 is 13.9 Å². The summed E-state index contributed by atoms with van der Waals surface area (Å²) in [6, 6.07) is 9.30. The van der Waals surface area contributed by atoms with Gasteiger partial charge in [-0.3, -0.25) is 9.69 Å². The van der Waals surface area contributed by atoms with E-state index in [1.54, 1.807) is 32.6 Å². The second-order valence-electron chi connectivity index (χ2n) is 6.46. The molecule has 4 rings (SSSR count). The van der Waals surface area contributed by atoms with E-state index in [0.717, 1.165) is 29.3 Å². The number of fused-ring (bicyclic) bond motifs is 1. The van der Waals surface area contributed by atoms with Crippen molar-refractivity contribution in [3.8, 4) is 23.1 Å². The van der Waals surface area contributed by atoms with Crippen LogP contribution in [0.4, 0.5) is 0 Å². The highest BCUT2D eigenvalue weighted by Crippen LogP contribution is 2.27. The number of rotatable bonds is 5. The fourth-order valence-corrected chi connectivity index (χ4v) is 3.39. The molecule has 7 heteroatoms. The molecule has 3 heterocycles. The first kappa shape index (κ1) is 17.4. The molecule has 1 aliphatic heterocycles. The maximum atomic E-state index is 12.6. The number of hydrogen-bond acceptors (Lipinski definition) is 6. The van der Waals surface area contributed by atoms with Gasteiger partial charge in [-0.05, 0) is 30.3 Å². The smallest absolute Gasteiger partial charge is 0.256 e. The number of H-pyrrole nitrogens is 1. The standard InChI is InChI=1S/C20H21N3O4/c1-25-14-5-6-17(26-2)13(10-14)11-23-8-7-16-15(12-23)20(24)22-19(21-16)18-4-3-9-27-18/h3-6,9-10H,7-8,11-12H2,1-2H3,(H,21,22,24). The Bertz CT molecular complexity index is 995. The number of furan rings is 1. The van der Waals surface area contributed by atoms with Crippen molar-refractivity contribution in [1.82, 2.24) is 14.9 Å². The maximum Gasteiger partial charge on any atom is 0.256 e. The summed E-state index contributed by atoms with van der Waals surface area (Å²) in [4.78, 5) is 22.2. The Morgan fingerprint density at radius 3 is 2.89 bits per heavy atom. The van der Waals surface area contributed by atoms with Gasteiger partial charge in [0.15, 0.2) is 11.6 Å². The summed E-state index contributed by atoms with van der Waals surface area (Å²) < 4.78 is 16.1. The van der Waals surface area contributed by atoms with Gasteiger partial charge < -0.3 is 18.9 Å². The molecular weight excluding hydrogens is 346 g/mol. The van der Waals surface area contributed by atoms with E-state index in [2.05, 4.69) is 14.9 Å². The van der Waals surface area contributed by atoms with Crippen LogP contribution in [0, 0.1) is 0 Å². The van der Waals surface area contributed by atoms with Crippen LogP contribution in [-0.2, 0) is 19.5 Å². The quantitative estimate of drug-likeness (QED) is 0.747. The van der Waals surface area contributed by atoms with E-state index >= 15 is 0 Å². The van der Waals surface area contributed by atoms with E-state index in [1.165, 1.54) is 0 Å². The summed E-state index contributed by atoms with van der Waals surface area (Å²) in [6.07, 6.45) is 2.28. The van der Waals surface area contributed by atoms with Crippen molar-refractivity contribution in [1.29, 1.82) is 0 Å². The van der Waals surface area contributed by atoms with Crippen LogP contribution < -0.4 is 15.0 Å². The molecule has 1 aliphatic rings. The molecule has 0 saturated carbocycles. The molecule has 27 heavy (non-hydrogen) atoms. The van der Waals surface area contributed by atoms with Crippen molar-refractivity contribution in [2.45, 2.75) is 19.5 Å². The van der Waals surface area contributed by atoms with Crippen LogP contribution in [0.1, 0.15) is 16.8 Å². The zero-order valence-electron chi connectivity index (χ0n) is 15.3. The normalized spacial score (nSPS) is 14.0. The predicted molar refractivity (Wildman–Crippen MR) is 99.9 cm³/mol. The molecule has 140 valence electrons. The summed E-state index contributed by atoms with van der Waals surface area (Å²) in [7, 11) is 3.30. The first-order chi connectivity index (χ1) is 13.2. The van der Waals surface area contributed by atoms with E-state index in [1.807, 2.05) is 18.2 Å². The second kappa shape index (κ2) is 7.28. The van der Waals surface area contributed by atoms with Crippen molar-refractivity contribution in [2.75, 3.05) is 20.8 Å². The van der Waals surface area contributed by atoms with Gasteiger partial charge in [-0.2, -0.15) is 0 Å². The molecular formula is C20H21N3O4. The Morgan fingerprint density at radius 2 is 2.15 bits per heavy atom. The summed E-state index contributed by atoms with van der Waals surface area (Å²) >= 11 is 0.